The Hall–Kier alpha value is -2.18. The molecule has 7 nitrogen and oxygen atoms in total. The first-order valence-electron chi connectivity index (χ1n) is 6.81. The van der Waals surface area contributed by atoms with Gasteiger partial charge < -0.3 is 15.1 Å². The Balaban J connectivity index is 1.94. The van der Waals surface area contributed by atoms with Crippen LogP contribution in [0.1, 0.15) is 23.8 Å². The highest BCUT2D eigenvalue weighted by molar-refractivity contribution is 5.92. The zero-order valence-corrected chi connectivity index (χ0v) is 11.6. The number of nitrogens with zero attached hydrogens (tertiary/aromatic N) is 4. The van der Waals surface area contributed by atoms with Crippen LogP contribution in [0.25, 0.3) is 0 Å². The highest BCUT2D eigenvalue weighted by atomic mass is 16.2. The maximum absolute atomic E-state index is 12.2. The molecule has 0 aromatic carbocycles. The highest BCUT2D eigenvalue weighted by Crippen LogP contribution is 2.07. The molecule has 108 valence electrons. The van der Waals surface area contributed by atoms with Gasteiger partial charge in [-0.25, -0.2) is 0 Å². The van der Waals surface area contributed by atoms with Crippen LogP contribution in [0, 0.1) is 0 Å². The van der Waals surface area contributed by atoms with Crippen molar-refractivity contribution in [2.24, 2.45) is 0 Å². The highest BCUT2D eigenvalue weighted by Gasteiger charge is 2.22. The van der Waals surface area contributed by atoms with Gasteiger partial charge in [-0.1, -0.05) is 6.92 Å². The van der Waals surface area contributed by atoms with Gasteiger partial charge in [-0.15, -0.1) is 10.2 Å². The average molecular weight is 277 g/mol. The summed E-state index contributed by atoms with van der Waals surface area (Å²) in [5, 5.41) is 11.1. The van der Waals surface area contributed by atoms with Crippen molar-refractivity contribution in [3.63, 3.8) is 0 Å². The van der Waals surface area contributed by atoms with Crippen molar-refractivity contribution < 1.29 is 9.59 Å². The topological polar surface area (TPSA) is 78.4 Å². The van der Waals surface area contributed by atoms with Gasteiger partial charge in [-0.3, -0.25) is 9.59 Å². The van der Waals surface area contributed by atoms with Crippen molar-refractivity contribution in [2.45, 2.75) is 13.3 Å². The largest absolute Gasteiger partial charge is 0.369 e. The summed E-state index contributed by atoms with van der Waals surface area (Å²) >= 11 is 0. The summed E-state index contributed by atoms with van der Waals surface area (Å²) in [6.45, 7) is 5.11. The second-order valence-corrected chi connectivity index (χ2v) is 4.66. The number of piperazine rings is 1. The fourth-order valence-electron chi connectivity index (χ4n) is 1.99. The van der Waals surface area contributed by atoms with Crippen molar-refractivity contribution in [1.82, 2.24) is 20.0 Å². The van der Waals surface area contributed by atoms with Crippen LogP contribution < -0.4 is 5.32 Å². The third-order valence-corrected chi connectivity index (χ3v) is 3.19. The van der Waals surface area contributed by atoms with Crippen LogP contribution in [-0.4, -0.2) is 65.0 Å². The minimum atomic E-state index is -0.134. The Bertz CT molecular complexity index is 454. The Morgan fingerprint density at radius 1 is 1.30 bits per heavy atom. The maximum atomic E-state index is 12.2. The molecule has 2 amide bonds. The number of anilines is 1. The first-order chi connectivity index (χ1) is 9.74. The Morgan fingerprint density at radius 2 is 2.05 bits per heavy atom. The minimum Gasteiger partial charge on any atom is -0.369 e. The molecular weight excluding hydrogens is 258 g/mol. The Morgan fingerprint density at radius 3 is 2.60 bits per heavy atom. The van der Waals surface area contributed by atoms with E-state index in [2.05, 4.69) is 22.4 Å². The lowest BCUT2D eigenvalue weighted by Gasteiger charge is -2.32. The minimum absolute atomic E-state index is 0.134. The van der Waals surface area contributed by atoms with Crippen LogP contribution in [-0.2, 0) is 4.79 Å². The van der Waals surface area contributed by atoms with Crippen LogP contribution in [0.3, 0.4) is 0 Å². The van der Waals surface area contributed by atoms with E-state index >= 15 is 0 Å². The van der Waals surface area contributed by atoms with Crippen molar-refractivity contribution in [3.8, 4) is 0 Å². The number of hydrogen-bond donors (Lipinski definition) is 1. The van der Waals surface area contributed by atoms with Crippen LogP contribution in [0.2, 0.25) is 0 Å². The molecule has 1 N–H and O–H groups in total. The quantitative estimate of drug-likeness (QED) is 0.779. The zero-order chi connectivity index (χ0) is 14.4. The summed E-state index contributed by atoms with van der Waals surface area (Å²) in [5.74, 6) is 0.541. The van der Waals surface area contributed by atoms with E-state index < -0.39 is 0 Å². The molecule has 1 aliphatic rings. The first-order valence-corrected chi connectivity index (χ1v) is 6.81. The smallest absolute Gasteiger partial charge is 0.274 e. The van der Waals surface area contributed by atoms with Crippen LogP contribution in [0.4, 0.5) is 5.82 Å². The van der Waals surface area contributed by atoms with Gasteiger partial charge >= 0.3 is 0 Å². The number of nitrogens with one attached hydrogen (secondary N) is 1. The molecule has 1 aromatic heterocycles. The number of aromatic nitrogens is 2. The standard InChI is InChI=1S/C13H19N5O2/c1-2-5-14-12-4-3-11(15-16-12)13(20)18-8-6-17(10-19)7-9-18/h3-4,10H,2,5-9H2,1H3,(H,14,16). The van der Waals surface area contributed by atoms with Crippen LogP contribution >= 0.6 is 0 Å². The van der Waals surface area contributed by atoms with Crippen LogP contribution in [0.5, 0.6) is 0 Å². The van der Waals surface area contributed by atoms with Gasteiger partial charge in [0, 0.05) is 32.7 Å². The molecule has 2 rings (SSSR count). The SMILES string of the molecule is CCCNc1ccc(C(=O)N2CCN(C=O)CC2)nn1. The summed E-state index contributed by atoms with van der Waals surface area (Å²) in [6.07, 6.45) is 1.82. The molecule has 2 heterocycles. The molecule has 1 aliphatic heterocycles. The van der Waals surface area contributed by atoms with E-state index in [0.717, 1.165) is 19.4 Å². The molecule has 20 heavy (non-hydrogen) atoms. The predicted molar refractivity (Wildman–Crippen MR) is 74.4 cm³/mol. The number of carbonyl (C=O) groups is 2. The van der Waals surface area contributed by atoms with E-state index in [1.807, 2.05) is 0 Å². The maximum Gasteiger partial charge on any atom is 0.274 e. The van der Waals surface area contributed by atoms with Gasteiger partial charge in [0.1, 0.15) is 5.82 Å². The van der Waals surface area contributed by atoms with Crippen molar-refractivity contribution in [1.29, 1.82) is 0 Å². The van der Waals surface area contributed by atoms with E-state index in [1.54, 1.807) is 21.9 Å². The van der Waals surface area contributed by atoms with Gasteiger partial charge in [0.2, 0.25) is 6.41 Å². The predicted octanol–water partition coefficient (Wildman–Crippen LogP) is 0.213. The van der Waals surface area contributed by atoms with Crippen molar-refractivity contribution in [3.05, 3.63) is 17.8 Å². The summed E-state index contributed by atoms with van der Waals surface area (Å²) in [4.78, 5) is 26.2. The lowest BCUT2D eigenvalue weighted by molar-refractivity contribution is -0.119. The molecule has 1 fully saturated rings. The summed E-state index contributed by atoms with van der Waals surface area (Å²) in [6, 6.07) is 3.44. The Labute approximate surface area is 118 Å². The van der Waals surface area contributed by atoms with E-state index in [1.165, 1.54) is 0 Å². The van der Waals surface area contributed by atoms with Gasteiger partial charge in [-0.05, 0) is 18.6 Å². The fourth-order valence-corrected chi connectivity index (χ4v) is 1.99. The fraction of sp³-hybridized carbons (Fsp3) is 0.538. The molecule has 0 aliphatic carbocycles. The number of hydrogen-bond acceptors (Lipinski definition) is 5. The Kier molecular flexibility index (Phi) is 4.86. The molecule has 1 saturated heterocycles. The monoisotopic (exact) mass is 277 g/mol. The molecule has 0 bridgehead atoms. The molecule has 0 atom stereocenters. The lowest BCUT2D eigenvalue weighted by atomic mass is 10.2. The van der Waals surface area contributed by atoms with Crippen molar-refractivity contribution >= 4 is 18.1 Å². The van der Waals surface area contributed by atoms with E-state index in [0.29, 0.717) is 37.7 Å². The molecule has 0 radical (unpaired) electrons. The molecule has 0 saturated carbocycles. The van der Waals surface area contributed by atoms with Gasteiger partial charge in [0.15, 0.2) is 5.69 Å². The van der Waals surface area contributed by atoms with E-state index in [4.69, 9.17) is 0 Å². The summed E-state index contributed by atoms with van der Waals surface area (Å²) < 4.78 is 0. The number of rotatable bonds is 5. The van der Waals surface area contributed by atoms with E-state index in [-0.39, 0.29) is 5.91 Å². The number of carbonyl (C=O) groups excluding carboxylic acids is 2. The molecule has 0 unspecified atom stereocenters. The lowest BCUT2D eigenvalue weighted by Crippen LogP contribution is -2.48. The average Bonchev–Trinajstić information content (AvgIpc) is 2.53. The molecular formula is C13H19N5O2. The third-order valence-electron chi connectivity index (χ3n) is 3.19. The zero-order valence-electron chi connectivity index (χ0n) is 11.6. The number of amides is 2. The first kappa shape index (κ1) is 14.2. The normalized spacial score (nSPS) is 15.1. The van der Waals surface area contributed by atoms with Crippen molar-refractivity contribution in [2.75, 3.05) is 38.0 Å². The van der Waals surface area contributed by atoms with Gasteiger partial charge in [-0.2, -0.15) is 0 Å². The summed E-state index contributed by atoms with van der Waals surface area (Å²) in [7, 11) is 0. The summed E-state index contributed by atoms with van der Waals surface area (Å²) in [5.41, 5.74) is 0.339. The second kappa shape index (κ2) is 6.83. The molecule has 0 spiro atoms. The third kappa shape index (κ3) is 3.43. The van der Waals surface area contributed by atoms with Gasteiger partial charge in [0.25, 0.3) is 5.91 Å². The van der Waals surface area contributed by atoms with E-state index in [9.17, 15) is 9.59 Å². The second-order valence-electron chi connectivity index (χ2n) is 4.66. The molecule has 7 heteroatoms. The van der Waals surface area contributed by atoms with Crippen LogP contribution in [0.15, 0.2) is 12.1 Å². The molecule has 1 aromatic rings. The van der Waals surface area contributed by atoms with Gasteiger partial charge in [0.05, 0.1) is 0 Å².